The zero-order valence-electron chi connectivity index (χ0n) is 10.9. The summed E-state index contributed by atoms with van der Waals surface area (Å²) in [5.74, 6) is -0.992. The highest BCUT2D eigenvalue weighted by Gasteiger charge is 2.31. The molecule has 0 unspecified atom stereocenters. The van der Waals surface area contributed by atoms with E-state index >= 15 is 0 Å². The van der Waals surface area contributed by atoms with Crippen molar-refractivity contribution in [3.8, 4) is 0 Å². The van der Waals surface area contributed by atoms with E-state index in [2.05, 4.69) is 10.0 Å². The monoisotopic (exact) mass is 276 g/mol. The van der Waals surface area contributed by atoms with Gasteiger partial charge in [0.2, 0.25) is 0 Å². The van der Waals surface area contributed by atoms with Crippen LogP contribution in [0.2, 0.25) is 0 Å². The summed E-state index contributed by atoms with van der Waals surface area (Å²) in [7, 11) is 0. The van der Waals surface area contributed by atoms with Gasteiger partial charge in [-0.15, -0.1) is 0 Å². The molecule has 0 amide bonds. The molecule has 7 heteroatoms. The second-order valence-electron chi connectivity index (χ2n) is 4.68. The van der Waals surface area contributed by atoms with Crippen LogP contribution < -0.4 is 0 Å². The van der Waals surface area contributed by atoms with Gasteiger partial charge < -0.3 is 9.84 Å². The molecular weight excluding hydrogens is 260 g/mol. The summed E-state index contributed by atoms with van der Waals surface area (Å²) >= 11 is 0. The Morgan fingerprint density at radius 2 is 2.20 bits per heavy atom. The van der Waals surface area contributed by atoms with Crippen molar-refractivity contribution in [2.45, 2.75) is 18.8 Å². The summed E-state index contributed by atoms with van der Waals surface area (Å²) in [4.78, 5) is 15.8. The number of hydrogen-bond acceptors (Lipinski definition) is 4. The number of carboxylic acids is 1. The van der Waals surface area contributed by atoms with Crippen LogP contribution in [0.15, 0.2) is 35.4 Å². The average molecular weight is 276 g/mol. The zero-order valence-corrected chi connectivity index (χ0v) is 10.9. The normalized spacial score (nSPS) is 23.0. The number of carboxylic acid groups (broad SMARTS) is 1. The van der Waals surface area contributed by atoms with Gasteiger partial charge in [-0.3, -0.25) is 4.90 Å². The molecule has 20 heavy (non-hydrogen) atoms. The molecule has 1 aromatic rings. The first-order valence-corrected chi connectivity index (χ1v) is 6.34. The summed E-state index contributed by atoms with van der Waals surface area (Å²) < 4.78 is 5.41. The number of azide groups is 1. The molecule has 106 valence electrons. The third kappa shape index (κ3) is 3.96. The van der Waals surface area contributed by atoms with Crippen molar-refractivity contribution >= 4 is 5.97 Å². The number of ether oxygens (including phenoxy) is 1. The van der Waals surface area contributed by atoms with Gasteiger partial charge in [0.25, 0.3) is 0 Å². The number of rotatable bonds is 5. The van der Waals surface area contributed by atoms with E-state index in [1.807, 2.05) is 35.2 Å². The Morgan fingerprint density at radius 1 is 1.45 bits per heavy atom. The molecule has 0 radical (unpaired) electrons. The van der Waals surface area contributed by atoms with E-state index in [-0.39, 0.29) is 12.6 Å². The summed E-state index contributed by atoms with van der Waals surface area (Å²) in [5, 5.41) is 12.6. The van der Waals surface area contributed by atoms with Gasteiger partial charge in [0.05, 0.1) is 12.6 Å². The molecule has 7 nitrogen and oxygen atoms in total. The van der Waals surface area contributed by atoms with Crippen molar-refractivity contribution in [2.24, 2.45) is 5.11 Å². The number of nitrogens with zero attached hydrogens (tertiary/aromatic N) is 4. The Kier molecular flexibility index (Phi) is 4.95. The molecule has 1 aromatic carbocycles. The van der Waals surface area contributed by atoms with Crippen molar-refractivity contribution in [3.05, 3.63) is 46.3 Å². The zero-order chi connectivity index (χ0) is 14.4. The predicted molar refractivity (Wildman–Crippen MR) is 72.0 cm³/mol. The minimum absolute atomic E-state index is 0.144. The maximum absolute atomic E-state index is 11.1. The summed E-state index contributed by atoms with van der Waals surface area (Å²) in [6.45, 7) is 1.68. The van der Waals surface area contributed by atoms with Crippen molar-refractivity contribution < 1.29 is 14.6 Å². The number of hydrogen-bond donors (Lipinski definition) is 1. The SMILES string of the molecule is [N-]=[N+]=NC[C@@H]1CN(Cc2ccccc2)C[C@H](C(=O)O)O1. The van der Waals surface area contributed by atoms with Crippen LogP contribution >= 0.6 is 0 Å². The first-order chi connectivity index (χ1) is 9.69. The lowest BCUT2D eigenvalue weighted by molar-refractivity contribution is -0.163. The van der Waals surface area contributed by atoms with Crippen molar-refractivity contribution in [1.29, 1.82) is 0 Å². The van der Waals surface area contributed by atoms with E-state index in [0.717, 1.165) is 5.56 Å². The summed E-state index contributed by atoms with van der Waals surface area (Å²) in [6, 6.07) is 9.82. The third-order valence-electron chi connectivity index (χ3n) is 3.12. The molecular formula is C13H16N4O3. The number of morpholine rings is 1. The van der Waals surface area contributed by atoms with Crippen molar-refractivity contribution in [2.75, 3.05) is 19.6 Å². The third-order valence-corrected chi connectivity index (χ3v) is 3.12. The van der Waals surface area contributed by atoms with Crippen LogP contribution in [0.4, 0.5) is 0 Å². The molecule has 2 atom stereocenters. The highest BCUT2D eigenvalue weighted by atomic mass is 16.5. The average Bonchev–Trinajstić information content (AvgIpc) is 2.46. The predicted octanol–water partition coefficient (Wildman–Crippen LogP) is 1.65. The van der Waals surface area contributed by atoms with Crippen LogP contribution in [0.25, 0.3) is 10.4 Å². The van der Waals surface area contributed by atoms with Crippen molar-refractivity contribution in [1.82, 2.24) is 4.90 Å². The quantitative estimate of drug-likeness (QED) is 0.502. The van der Waals surface area contributed by atoms with Crippen LogP contribution in [0.1, 0.15) is 5.56 Å². The molecule has 1 N–H and O–H groups in total. The lowest BCUT2D eigenvalue weighted by Crippen LogP contribution is -2.51. The molecule has 1 saturated heterocycles. The topological polar surface area (TPSA) is 98.5 Å². The van der Waals surface area contributed by atoms with Crippen LogP contribution in [-0.4, -0.2) is 47.8 Å². The Hall–Kier alpha value is -2.08. The fourth-order valence-electron chi connectivity index (χ4n) is 2.25. The van der Waals surface area contributed by atoms with Gasteiger partial charge >= 0.3 is 5.97 Å². The molecule has 0 saturated carbocycles. The highest BCUT2D eigenvalue weighted by molar-refractivity contribution is 5.72. The first-order valence-electron chi connectivity index (χ1n) is 6.34. The maximum atomic E-state index is 11.1. The number of aliphatic carboxylic acids is 1. The van der Waals surface area contributed by atoms with Crippen LogP contribution in [-0.2, 0) is 16.1 Å². The summed E-state index contributed by atoms with van der Waals surface area (Å²) in [6.07, 6.45) is -1.27. The Morgan fingerprint density at radius 3 is 2.85 bits per heavy atom. The fourth-order valence-corrected chi connectivity index (χ4v) is 2.25. The Bertz CT molecular complexity index is 502. The van der Waals surface area contributed by atoms with Crippen LogP contribution in [0.5, 0.6) is 0 Å². The van der Waals surface area contributed by atoms with Gasteiger partial charge in [-0.2, -0.15) is 0 Å². The molecule has 1 fully saturated rings. The summed E-state index contributed by atoms with van der Waals surface area (Å²) in [5.41, 5.74) is 9.46. The van der Waals surface area contributed by atoms with E-state index in [1.54, 1.807) is 0 Å². The molecule has 0 spiro atoms. The lowest BCUT2D eigenvalue weighted by Gasteiger charge is -2.35. The molecule has 0 aliphatic carbocycles. The van der Waals surface area contributed by atoms with Crippen molar-refractivity contribution in [3.63, 3.8) is 0 Å². The van der Waals surface area contributed by atoms with Gasteiger partial charge in [0.15, 0.2) is 6.10 Å². The molecule has 2 rings (SSSR count). The second-order valence-corrected chi connectivity index (χ2v) is 4.68. The molecule has 0 aromatic heterocycles. The standard InChI is InChI=1S/C13H16N4O3/c14-16-15-6-11-8-17(9-12(20-11)13(18)19)7-10-4-2-1-3-5-10/h1-5,11-12H,6-9H2,(H,18,19)/t11-,12-/m1/s1. The highest BCUT2D eigenvalue weighted by Crippen LogP contribution is 2.15. The molecule has 1 aliphatic rings. The molecule has 1 aliphatic heterocycles. The lowest BCUT2D eigenvalue weighted by atomic mass is 10.1. The van der Waals surface area contributed by atoms with E-state index in [4.69, 9.17) is 15.4 Å². The smallest absolute Gasteiger partial charge is 0.334 e. The van der Waals surface area contributed by atoms with E-state index < -0.39 is 12.1 Å². The van der Waals surface area contributed by atoms with E-state index in [9.17, 15) is 4.79 Å². The van der Waals surface area contributed by atoms with Crippen LogP contribution in [0.3, 0.4) is 0 Å². The minimum atomic E-state index is -0.992. The molecule has 0 bridgehead atoms. The van der Waals surface area contributed by atoms with Gasteiger partial charge in [0.1, 0.15) is 0 Å². The first kappa shape index (κ1) is 14.3. The molecule has 1 heterocycles. The van der Waals surface area contributed by atoms with Gasteiger partial charge in [-0.25, -0.2) is 4.79 Å². The van der Waals surface area contributed by atoms with Gasteiger partial charge in [-0.1, -0.05) is 35.4 Å². The van der Waals surface area contributed by atoms with E-state index in [0.29, 0.717) is 19.6 Å². The maximum Gasteiger partial charge on any atom is 0.334 e. The number of benzene rings is 1. The largest absolute Gasteiger partial charge is 0.479 e. The van der Waals surface area contributed by atoms with E-state index in [1.165, 1.54) is 0 Å². The fraction of sp³-hybridized carbons (Fsp3) is 0.462. The Labute approximate surface area is 116 Å². The van der Waals surface area contributed by atoms with Crippen LogP contribution in [0, 0.1) is 0 Å². The van der Waals surface area contributed by atoms with Gasteiger partial charge in [0, 0.05) is 24.5 Å². The minimum Gasteiger partial charge on any atom is -0.479 e. The second kappa shape index (κ2) is 6.91. The Balaban J connectivity index is 2.03. The van der Waals surface area contributed by atoms with Gasteiger partial charge in [-0.05, 0) is 11.1 Å². The number of carbonyl (C=O) groups is 1.